The summed E-state index contributed by atoms with van der Waals surface area (Å²) in [4.78, 5) is 2.77. The van der Waals surface area contributed by atoms with E-state index in [1.807, 2.05) is 0 Å². The number of hydrogen-bond donors (Lipinski definition) is 0. The molecule has 0 aliphatic carbocycles. The molecule has 32 heavy (non-hydrogen) atoms. The quantitative estimate of drug-likeness (QED) is 0.297. The van der Waals surface area contributed by atoms with Gasteiger partial charge in [0.15, 0.2) is 0 Å². The van der Waals surface area contributed by atoms with Gasteiger partial charge < -0.3 is 0 Å². The summed E-state index contributed by atoms with van der Waals surface area (Å²) in [6.07, 6.45) is 2.39. The molecule has 0 amide bonds. The van der Waals surface area contributed by atoms with Crippen LogP contribution in [0.5, 0.6) is 0 Å². The van der Waals surface area contributed by atoms with E-state index in [9.17, 15) is 0 Å². The van der Waals surface area contributed by atoms with Crippen molar-refractivity contribution >= 4 is 31.0 Å². The molecule has 0 aromatic heterocycles. The zero-order chi connectivity index (χ0) is 22.0. The Morgan fingerprint density at radius 1 is 0.469 bits per heavy atom. The lowest BCUT2D eigenvalue weighted by Crippen LogP contribution is -1.98. The van der Waals surface area contributed by atoms with E-state index in [0.717, 1.165) is 0 Å². The summed E-state index contributed by atoms with van der Waals surface area (Å²) in [5.41, 5.74) is 7.66. The molecule has 0 bridgehead atoms. The van der Waals surface area contributed by atoms with Crippen molar-refractivity contribution in [2.24, 2.45) is 0 Å². The van der Waals surface area contributed by atoms with Gasteiger partial charge in [-0.15, -0.1) is 0 Å². The fourth-order valence-corrected chi connectivity index (χ4v) is 7.71. The molecule has 0 nitrogen and oxygen atoms in total. The molecule has 1 heterocycles. The van der Waals surface area contributed by atoms with E-state index >= 15 is 0 Å². The topological polar surface area (TPSA) is 0 Å². The average Bonchev–Trinajstić information content (AvgIpc) is 3.16. The highest BCUT2D eigenvalue weighted by Gasteiger charge is 2.40. The zero-order valence-electron chi connectivity index (χ0n) is 18.2. The average molecular weight is 431 g/mol. The van der Waals surface area contributed by atoms with Crippen molar-refractivity contribution in [2.75, 3.05) is 6.26 Å². The lowest BCUT2D eigenvalue weighted by molar-refractivity contribution is 1.58. The molecule has 0 saturated heterocycles. The smallest absolute Gasteiger partial charge is 0.0132 e. The van der Waals surface area contributed by atoms with Crippen LogP contribution in [0.3, 0.4) is 0 Å². The Morgan fingerprint density at radius 2 is 0.750 bits per heavy atom. The maximum Gasteiger partial charge on any atom is 0.0132 e. The molecule has 4 aromatic carbocycles. The molecule has 4 aromatic rings. The molecule has 0 N–H and O–H groups in total. The van der Waals surface area contributed by atoms with E-state index in [1.54, 1.807) is 0 Å². The lowest BCUT2D eigenvalue weighted by atomic mass is 9.89. The van der Waals surface area contributed by atoms with Crippen LogP contribution < -0.4 is 0 Å². The largest absolute Gasteiger partial charge is 0.168 e. The van der Waals surface area contributed by atoms with Crippen LogP contribution >= 0.6 is 10.0 Å². The summed E-state index contributed by atoms with van der Waals surface area (Å²) in [7, 11) is -1.50. The van der Waals surface area contributed by atoms with Gasteiger partial charge in [-0.05, 0) is 33.9 Å². The van der Waals surface area contributed by atoms with Crippen molar-refractivity contribution in [1.29, 1.82) is 0 Å². The molecular formula is C31H26S. The maximum absolute atomic E-state index is 4.39. The monoisotopic (exact) mass is 430 g/mol. The summed E-state index contributed by atoms with van der Waals surface area (Å²) in [5, 5.41) is 2.20. The molecule has 0 fully saturated rings. The summed E-state index contributed by atoms with van der Waals surface area (Å²) in [6, 6.07) is 43.3. The van der Waals surface area contributed by atoms with Gasteiger partial charge in [0, 0.05) is 21.0 Å². The third-order valence-corrected chi connectivity index (χ3v) is 9.32. The highest BCUT2D eigenvalue weighted by molar-refractivity contribution is 8.50. The Labute approximate surface area is 192 Å². The Bertz CT molecular complexity index is 1200. The van der Waals surface area contributed by atoms with E-state index in [4.69, 9.17) is 0 Å². The van der Waals surface area contributed by atoms with Gasteiger partial charge in [0.25, 0.3) is 0 Å². The minimum absolute atomic E-state index is 1.25. The van der Waals surface area contributed by atoms with Gasteiger partial charge >= 0.3 is 0 Å². The summed E-state index contributed by atoms with van der Waals surface area (Å²) >= 11 is 0. The second-order valence-electron chi connectivity index (χ2n) is 8.02. The van der Waals surface area contributed by atoms with E-state index in [2.05, 4.69) is 140 Å². The van der Waals surface area contributed by atoms with Gasteiger partial charge in [-0.3, -0.25) is 0 Å². The van der Waals surface area contributed by atoms with Crippen LogP contribution in [0.25, 0.3) is 21.0 Å². The van der Waals surface area contributed by atoms with E-state index < -0.39 is 10.0 Å². The van der Waals surface area contributed by atoms with Gasteiger partial charge in [-0.2, -0.15) is 10.0 Å². The van der Waals surface area contributed by atoms with Gasteiger partial charge in [0.1, 0.15) is 0 Å². The van der Waals surface area contributed by atoms with Gasteiger partial charge in [0.2, 0.25) is 0 Å². The Kier molecular flexibility index (Phi) is 5.43. The van der Waals surface area contributed by atoms with Gasteiger partial charge in [0.05, 0.1) is 0 Å². The van der Waals surface area contributed by atoms with Gasteiger partial charge in [-0.25, -0.2) is 0 Å². The second kappa shape index (κ2) is 8.53. The molecule has 0 saturated carbocycles. The first-order valence-electron chi connectivity index (χ1n) is 10.9. The molecule has 1 aliphatic heterocycles. The number of allylic oxidation sites excluding steroid dienone is 2. The molecule has 156 valence electrons. The van der Waals surface area contributed by atoms with E-state index in [0.29, 0.717) is 0 Å². The number of hydrogen-bond acceptors (Lipinski definition) is 0. The number of benzene rings is 4. The molecule has 0 atom stereocenters. The highest BCUT2D eigenvalue weighted by Crippen LogP contribution is 2.76. The zero-order valence-corrected chi connectivity index (χ0v) is 19.1. The first-order valence-corrected chi connectivity index (χ1v) is 13.0. The summed E-state index contributed by atoms with van der Waals surface area (Å²) in [6.45, 7) is 4.39. The standard InChI is InChI=1S/C31H26S/c1-3-32(2)30(26-20-12-6-13-21-26)28(24-16-8-4-9-17-24)29(25-18-10-5-11-19-25)31(32)27-22-14-7-15-23-27/h3-23H,1H2,2H3. The van der Waals surface area contributed by atoms with Crippen molar-refractivity contribution < 1.29 is 0 Å². The minimum Gasteiger partial charge on any atom is -0.168 e. The minimum atomic E-state index is -1.50. The van der Waals surface area contributed by atoms with Crippen molar-refractivity contribution in [1.82, 2.24) is 0 Å². The van der Waals surface area contributed by atoms with Crippen LogP contribution in [0, 0.1) is 0 Å². The van der Waals surface area contributed by atoms with Crippen molar-refractivity contribution in [3.63, 3.8) is 0 Å². The molecule has 0 spiro atoms. The summed E-state index contributed by atoms with van der Waals surface area (Å²) in [5.74, 6) is 0. The number of rotatable bonds is 5. The molecule has 1 aliphatic rings. The first kappa shape index (κ1) is 20.4. The third kappa shape index (κ3) is 3.36. The van der Waals surface area contributed by atoms with Crippen LogP contribution in [0.2, 0.25) is 0 Å². The van der Waals surface area contributed by atoms with Gasteiger partial charge in [-0.1, -0.05) is 128 Å². The Balaban J connectivity index is 1.95. The van der Waals surface area contributed by atoms with Crippen molar-refractivity contribution in [3.8, 4) is 0 Å². The fourth-order valence-electron chi connectivity index (χ4n) is 4.64. The fraction of sp³-hybridized carbons (Fsp3) is 0.0323. The highest BCUT2D eigenvalue weighted by atomic mass is 32.3. The maximum atomic E-state index is 4.39. The predicted octanol–water partition coefficient (Wildman–Crippen LogP) is 8.71. The van der Waals surface area contributed by atoms with Crippen LogP contribution in [-0.4, -0.2) is 6.26 Å². The molecule has 5 rings (SSSR count). The van der Waals surface area contributed by atoms with Crippen LogP contribution in [0.1, 0.15) is 22.3 Å². The van der Waals surface area contributed by atoms with Crippen molar-refractivity contribution in [3.05, 3.63) is 156 Å². The Hall–Kier alpha value is -3.55. The first-order chi connectivity index (χ1) is 15.7. The molecule has 1 heteroatoms. The SMILES string of the molecule is C=CS1(C)C(c2ccccc2)=C(c2ccccc2)C(c2ccccc2)=C1c1ccccc1. The molecular weight excluding hydrogens is 404 g/mol. The van der Waals surface area contributed by atoms with E-state index in [1.165, 1.54) is 43.2 Å². The molecule has 0 radical (unpaired) electrons. The lowest BCUT2D eigenvalue weighted by Gasteiger charge is -2.35. The normalized spacial score (nSPS) is 16.2. The van der Waals surface area contributed by atoms with E-state index in [-0.39, 0.29) is 0 Å². The van der Waals surface area contributed by atoms with Crippen LogP contribution in [-0.2, 0) is 0 Å². The second-order valence-corrected chi connectivity index (χ2v) is 11.1. The summed E-state index contributed by atoms with van der Waals surface area (Å²) < 4.78 is 0. The predicted molar refractivity (Wildman–Crippen MR) is 143 cm³/mol. The molecule has 0 unspecified atom stereocenters. The van der Waals surface area contributed by atoms with Crippen LogP contribution in [0.4, 0.5) is 0 Å². The third-order valence-electron chi connectivity index (χ3n) is 6.08. The Morgan fingerprint density at radius 3 is 1.03 bits per heavy atom. The van der Waals surface area contributed by atoms with Crippen LogP contribution in [0.15, 0.2) is 133 Å². The van der Waals surface area contributed by atoms with Crippen molar-refractivity contribution in [2.45, 2.75) is 0 Å².